The predicted molar refractivity (Wildman–Crippen MR) is 79.5 cm³/mol. The average molecular weight is 368 g/mol. The first-order chi connectivity index (χ1) is 9.27. The van der Waals surface area contributed by atoms with Crippen molar-refractivity contribution in [2.75, 3.05) is 13.2 Å². The summed E-state index contributed by atoms with van der Waals surface area (Å²) in [5.41, 5.74) is 0. The van der Waals surface area contributed by atoms with Crippen LogP contribution in [0.25, 0.3) is 0 Å². The van der Waals surface area contributed by atoms with Crippen LogP contribution in [0.1, 0.15) is 20.8 Å². The van der Waals surface area contributed by atoms with Crippen molar-refractivity contribution >= 4 is 26.0 Å². The van der Waals surface area contributed by atoms with Crippen LogP contribution in [-0.4, -0.2) is 27.7 Å². The van der Waals surface area contributed by atoms with Crippen LogP contribution < -0.4 is 4.72 Å². The average Bonchev–Trinajstić information content (AvgIpc) is 2.33. The van der Waals surface area contributed by atoms with Crippen molar-refractivity contribution in [3.8, 4) is 0 Å². The minimum Gasteiger partial charge on any atom is -0.380 e. The molecule has 20 heavy (non-hydrogen) atoms. The van der Waals surface area contributed by atoms with Gasteiger partial charge in [0.05, 0.1) is 6.61 Å². The minimum absolute atomic E-state index is 0.0369. The summed E-state index contributed by atoms with van der Waals surface area (Å²) < 4.78 is 46.5. The van der Waals surface area contributed by atoms with Crippen molar-refractivity contribution in [2.45, 2.75) is 31.7 Å². The van der Waals surface area contributed by atoms with E-state index in [1.165, 1.54) is 12.1 Å². The summed E-state index contributed by atoms with van der Waals surface area (Å²) in [4.78, 5) is -0.358. The van der Waals surface area contributed by atoms with E-state index in [1.807, 2.05) is 20.8 Å². The fourth-order valence-electron chi connectivity index (χ4n) is 1.56. The zero-order valence-electron chi connectivity index (χ0n) is 11.7. The maximum absolute atomic E-state index is 13.8. The number of rotatable bonds is 7. The molecular formula is C13H19BrFNO3S. The van der Waals surface area contributed by atoms with Crippen molar-refractivity contribution in [1.82, 2.24) is 4.72 Å². The molecule has 1 rings (SSSR count). The van der Waals surface area contributed by atoms with E-state index in [4.69, 9.17) is 4.74 Å². The van der Waals surface area contributed by atoms with Crippen LogP contribution in [0.5, 0.6) is 0 Å². The third kappa shape index (κ3) is 4.80. The number of nitrogens with one attached hydrogen (secondary N) is 1. The van der Waals surface area contributed by atoms with Crippen LogP contribution in [0.4, 0.5) is 4.39 Å². The fourth-order valence-corrected chi connectivity index (χ4v) is 3.33. The van der Waals surface area contributed by atoms with Gasteiger partial charge in [0.2, 0.25) is 10.0 Å². The standard InChI is InChI=1S/C13H19BrFNO3S/c1-4-19-8-12(9(2)3)16-20(17,18)13-6-5-10(14)7-11(13)15/h5-7,9,12,16H,4,8H2,1-3H3. The largest absolute Gasteiger partial charge is 0.380 e. The molecule has 114 valence electrons. The second kappa shape index (κ2) is 7.49. The number of halogens is 2. The Bertz CT molecular complexity index is 549. The summed E-state index contributed by atoms with van der Waals surface area (Å²) in [5.74, 6) is -0.749. The molecule has 4 nitrogen and oxygen atoms in total. The molecule has 7 heteroatoms. The Morgan fingerprint density at radius 2 is 2.05 bits per heavy atom. The molecule has 0 aliphatic rings. The lowest BCUT2D eigenvalue weighted by atomic mass is 10.1. The highest BCUT2D eigenvalue weighted by Gasteiger charge is 2.25. The molecule has 0 radical (unpaired) electrons. The van der Waals surface area contributed by atoms with Crippen molar-refractivity contribution in [3.63, 3.8) is 0 Å². The van der Waals surface area contributed by atoms with E-state index in [-0.39, 0.29) is 17.4 Å². The molecule has 1 aromatic carbocycles. The summed E-state index contributed by atoms with van der Waals surface area (Å²) >= 11 is 3.10. The zero-order chi connectivity index (χ0) is 15.3. The van der Waals surface area contributed by atoms with E-state index in [2.05, 4.69) is 20.7 Å². The van der Waals surface area contributed by atoms with E-state index in [1.54, 1.807) is 0 Å². The lowest BCUT2D eigenvalue weighted by Gasteiger charge is -2.22. The van der Waals surface area contributed by atoms with E-state index in [0.29, 0.717) is 11.1 Å². The highest BCUT2D eigenvalue weighted by molar-refractivity contribution is 9.10. The van der Waals surface area contributed by atoms with Crippen LogP contribution >= 0.6 is 15.9 Å². The molecule has 0 saturated heterocycles. The quantitative estimate of drug-likeness (QED) is 0.805. The highest BCUT2D eigenvalue weighted by atomic mass is 79.9. The Balaban J connectivity index is 2.97. The number of hydrogen-bond donors (Lipinski definition) is 1. The number of sulfonamides is 1. The summed E-state index contributed by atoms with van der Waals surface area (Å²) in [6.07, 6.45) is 0. The smallest absolute Gasteiger partial charge is 0.243 e. The molecule has 1 aromatic rings. The lowest BCUT2D eigenvalue weighted by Crippen LogP contribution is -2.42. The molecule has 0 aliphatic carbocycles. The van der Waals surface area contributed by atoms with Gasteiger partial charge >= 0.3 is 0 Å². The molecule has 1 atom stereocenters. The molecule has 0 heterocycles. The first-order valence-corrected chi connectivity index (χ1v) is 8.60. The summed E-state index contributed by atoms with van der Waals surface area (Å²) in [6, 6.07) is 3.45. The molecule has 0 aliphatic heterocycles. The lowest BCUT2D eigenvalue weighted by molar-refractivity contribution is 0.116. The van der Waals surface area contributed by atoms with Crippen molar-refractivity contribution < 1.29 is 17.5 Å². The van der Waals surface area contributed by atoms with E-state index in [9.17, 15) is 12.8 Å². The second-order valence-corrected chi connectivity index (χ2v) is 7.30. The Labute approximate surface area is 127 Å². The van der Waals surface area contributed by atoms with Gasteiger partial charge in [-0.1, -0.05) is 29.8 Å². The molecule has 0 saturated carbocycles. The SMILES string of the molecule is CCOCC(NS(=O)(=O)c1ccc(Br)cc1F)C(C)C. The monoisotopic (exact) mass is 367 g/mol. The minimum atomic E-state index is -3.91. The molecular weight excluding hydrogens is 349 g/mol. The number of benzene rings is 1. The molecule has 1 N–H and O–H groups in total. The first kappa shape index (κ1) is 17.6. The van der Waals surface area contributed by atoms with Crippen molar-refractivity contribution in [2.24, 2.45) is 5.92 Å². The number of ether oxygens (including phenoxy) is 1. The van der Waals surface area contributed by atoms with Gasteiger partial charge in [-0.3, -0.25) is 0 Å². The topological polar surface area (TPSA) is 55.4 Å². The zero-order valence-corrected chi connectivity index (χ0v) is 14.1. The molecule has 0 fully saturated rings. The molecule has 0 aromatic heterocycles. The predicted octanol–water partition coefficient (Wildman–Crippen LogP) is 2.93. The van der Waals surface area contributed by atoms with Gasteiger partial charge in [0.25, 0.3) is 0 Å². The van der Waals surface area contributed by atoms with E-state index in [0.717, 1.165) is 6.07 Å². The maximum Gasteiger partial charge on any atom is 0.243 e. The van der Waals surface area contributed by atoms with E-state index >= 15 is 0 Å². The first-order valence-electron chi connectivity index (χ1n) is 6.33. The summed E-state index contributed by atoms with van der Waals surface area (Å²) in [7, 11) is -3.91. The van der Waals surface area contributed by atoms with Gasteiger partial charge in [0, 0.05) is 17.1 Å². The van der Waals surface area contributed by atoms with Gasteiger partial charge in [-0.25, -0.2) is 17.5 Å². The van der Waals surface area contributed by atoms with Gasteiger partial charge in [-0.05, 0) is 31.0 Å². The second-order valence-electron chi connectivity index (χ2n) is 4.71. The summed E-state index contributed by atoms with van der Waals surface area (Å²) in [6.45, 7) is 6.34. The van der Waals surface area contributed by atoms with Crippen molar-refractivity contribution in [3.05, 3.63) is 28.5 Å². The Hall–Kier alpha value is -0.500. The normalized spacial score (nSPS) is 13.7. The van der Waals surface area contributed by atoms with Crippen LogP contribution in [0, 0.1) is 11.7 Å². The third-order valence-corrected chi connectivity index (χ3v) is 4.81. The maximum atomic E-state index is 13.8. The van der Waals surface area contributed by atoms with Crippen LogP contribution in [-0.2, 0) is 14.8 Å². The Kier molecular flexibility index (Phi) is 6.57. The molecule has 0 amide bonds. The van der Waals surface area contributed by atoms with Crippen molar-refractivity contribution in [1.29, 1.82) is 0 Å². The Morgan fingerprint density at radius 3 is 2.55 bits per heavy atom. The van der Waals surface area contributed by atoms with Crippen LogP contribution in [0.15, 0.2) is 27.6 Å². The van der Waals surface area contributed by atoms with Gasteiger partial charge < -0.3 is 4.74 Å². The van der Waals surface area contributed by atoms with Gasteiger partial charge in [-0.2, -0.15) is 0 Å². The molecule has 1 unspecified atom stereocenters. The van der Waals surface area contributed by atoms with Gasteiger partial charge in [0.1, 0.15) is 10.7 Å². The summed E-state index contributed by atoms with van der Waals surface area (Å²) in [5, 5.41) is 0. The molecule has 0 bridgehead atoms. The van der Waals surface area contributed by atoms with Crippen LogP contribution in [0.2, 0.25) is 0 Å². The van der Waals surface area contributed by atoms with Crippen LogP contribution in [0.3, 0.4) is 0 Å². The Morgan fingerprint density at radius 1 is 1.40 bits per heavy atom. The fraction of sp³-hybridized carbons (Fsp3) is 0.538. The van der Waals surface area contributed by atoms with Gasteiger partial charge in [0.15, 0.2) is 0 Å². The van der Waals surface area contributed by atoms with E-state index < -0.39 is 21.9 Å². The highest BCUT2D eigenvalue weighted by Crippen LogP contribution is 2.20. The third-order valence-electron chi connectivity index (χ3n) is 2.80. The number of hydrogen-bond acceptors (Lipinski definition) is 3. The van der Waals surface area contributed by atoms with Gasteiger partial charge in [-0.15, -0.1) is 0 Å². The molecule has 0 spiro atoms.